The Balaban J connectivity index is 2.34. The number of carbonyl (C=O) groups excluding carboxylic acids is 1. The maximum absolute atomic E-state index is 13.0. The number of carbonyl (C=O) groups is 1. The van der Waals surface area contributed by atoms with Crippen LogP contribution in [-0.4, -0.2) is 28.0 Å². The molecule has 124 valence electrons. The van der Waals surface area contributed by atoms with Crippen LogP contribution in [-0.2, 0) is 10.9 Å². The molecule has 7 nitrogen and oxygen atoms in total. The smallest absolute Gasteiger partial charge is 0.434 e. The van der Waals surface area contributed by atoms with E-state index in [1.165, 1.54) is 0 Å². The molecule has 1 unspecified atom stereocenters. The number of alkyl halides is 3. The summed E-state index contributed by atoms with van der Waals surface area (Å²) < 4.78 is 43.4. The number of thiazole rings is 1. The summed E-state index contributed by atoms with van der Waals surface area (Å²) in [6, 6.07) is -0.310. The van der Waals surface area contributed by atoms with Crippen LogP contribution in [0.3, 0.4) is 0 Å². The zero-order valence-electron chi connectivity index (χ0n) is 12.0. The quantitative estimate of drug-likeness (QED) is 0.819. The van der Waals surface area contributed by atoms with Crippen molar-refractivity contribution in [1.82, 2.24) is 15.0 Å². The zero-order valence-corrected chi connectivity index (χ0v) is 12.8. The number of halogens is 3. The van der Waals surface area contributed by atoms with Crippen LogP contribution in [0.25, 0.3) is 0 Å². The first kappa shape index (κ1) is 17.1. The second-order valence-electron chi connectivity index (χ2n) is 4.44. The normalized spacial score (nSPS) is 12.8. The minimum Gasteiger partial charge on any atom is -0.465 e. The highest BCUT2D eigenvalue weighted by Gasteiger charge is 2.38. The van der Waals surface area contributed by atoms with E-state index in [0.717, 1.165) is 24.6 Å². The van der Waals surface area contributed by atoms with Crippen LogP contribution in [0.1, 0.15) is 34.7 Å². The van der Waals surface area contributed by atoms with E-state index in [-0.39, 0.29) is 17.1 Å². The Hall–Kier alpha value is -2.27. The number of esters is 1. The summed E-state index contributed by atoms with van der Waals surface area (Å²) in [5.41, 5.74) is 4.09. The third-order valence-electron chi connectivity index (χ3n) is 2.67. The van der Waals surface area contributed by atoms with Gasteiger partial charge in [0.15, 0.2) is 10.8 Å². The van der Waals surface area contributed by atoms with Gasteiger partial charge in [-0.25, -0.2) is 19.7 Å². The van der Waals surface area contributed by atoms with Gasteiger partial charge in [-0.2, -0.15) is 13.2 Å². The predicted molar refractivity (Wildman–Crippen MR) is 76.4 cm³/mol. The van der Waals surface area contributed by atoms with Crippen molar-refractivity contribution in [3.8, 4) is 0 Å². The summed E-state index contributed by atoms with van der Waals surface area (Å²) in [7, 11) is 0.972. The molecule has 2 heterocycles. The van der Waals surface area contributed by atoms with E-state index in [1.54, 1.807) is 12.3 Å². The molecule has 1 atom stereocenters. The number of ether oxygens (including phenoxy) is 1. The number of rotatable bonds is 4. The van der Waals surface area contributed by atoms with Gasteiger partial charge >= 0.3 is 12.1 Å². The first-order valence-corrected chi connectivity index (χ1v) is 7.11. The molecule has 0 fully saturated rings. The molecule has 23 heavy (non-hydrogen) atoms. The maximum Gasteiger partial charge on any atom is 0.434 e. The van der Waals surface area contributed by atoms with Crippen molar-refractivity contribution in [2.45, 2.75) is 19.1 Å². The number of hydrogen-bond donors (Lipinski definition) is 2. The first-order chi connectivity index (χ1) is 10.7. The molecule has 0 bridgehead atoms. The lowest BCUT2D eigenvalue weighted by molar-refractivity contribution is -0.141. The Morgan fingerprint density at radius 2 is 2.13 bits per heavy atom. The van der Waals surface area contributed by atoms with E-state index in [9.17, 15) is 18.0 Å². The van der Waals surface area contributed by atoms with Gasteiger partial charge in [-0.1, -0.05) is 0 Å². The predicted octanol–water partition coefficient (Wildman–Crippen LogP) is 2.50. The summed E-state index contributed by atoms with van der Waals surface area (Å²) in [5.74, 6) is -1.51. The largest absolute Gasteiger partial charge is 0.465 e. The minimum atomic E-state index is -4.83. The van der Waals surface area contributed by atoms with Crippen molar-refractivity contribution in [3.63, 3.8) is 0 Å². The Labute approximate surface area is 132 Å². The number of nitrogens with one attached hydrogen (secondary N) is 1. The molecular weight excluding hydrogens is 335 g/mol. The second-order valence-corrected chi connectivity index (χ2v) is 5.29. The molecule has 0 saturated carbocycles. The van der Waals surface area contributed by atoms with Crippen molar-refractivity contribution in [1.29, 1.82) is 0 Å². The molecule has 11 heteroatoms. The Morgan fingerprint density at radius 3 is 2.65 bits per heavy atom. The van der Waals surface area contributed by atoms with Gasteiger partial charge in [0.2, 0.25) is 5.95 Å². The van der Waals surface area contributed by atoms with Gasteiger partial charge in [0.25, 0.3) is 0 Å². The summed E-state index contributed by atoms with van der Waals surface area (Å²) in [6.45, 7) is 1.72. The van der Waals surface area contributed by atoms with E-state index < -0.39 is 23.4 Å². The molecule has 2 aromatic heterocycles. The molecule has 0 aliphatic heterocycles. The van der Waals surface area contributed by atoms with Gasteiger partial charge in [-0.15, -0.1) is 11.3 Å². The fourth-order valence-corrected chi connectivity index (χ4v) is 2.37. The Morgan fingerprint density at radius 1 is 1.43 bits per heavy atom. The van der Waals surface area contributed by atoms with Crippen LogP contribution in [0.4, 0.5) is 24.3 Å². The second kappa shape index (κ2) is 6.46. The standard InChI is InChI=1S/C12H12F3N5O2S/c1-5(16)7-4-23-11(18-7)20-10-17-3-6(9(21)22-2)8(19-10)12(13,14)15/h3-5H,16H2,1-2H3,(H,17,18,19,20). The number of methoxy groups -OCH3 is 1. The minimum absolute atomic E-state index is 0.288. The van der Waals surface area contributed by atoms with E-state index in [1.807, 2.05) is 0 Å². The van der Waals surface area contributed by atoms with Gasteiger partial charge in [0.05, 0.1) is 12.8 Å². The van der Waals surface area contributed by atoms with Crippen LogP contribution in [0.2, 0.25) is 0 Å². The molecular formula is C12H12F3N5O2S. The summed E-state index contributed by atoms with van der Waals surface area (Å²) in [4.78, 5) is 22.5. The molecule has 0 radical (unpaired) electrons. The lowest BCUT2D eigenvalue weighted by atomic mass is 10.2. The van der Waals surface area contributed by atoms with Crippen LogP contribution in [0.15, 0.2) is 11.6 Å². The molecule has 2 rings (SSSR count). The molecule has 0 aliphatic rings. The molecule has 0 aliphatic carbocycles. The summed E-state index contributed by atoms with van der Waals surface area (Å²) in [5, 5.41) is 4.51. The summed E-state index contributed by atoms with van der Waals surface area (Å²) in [6.07, 6.45) is -4.08. The Kier molecular flexibility index (Phi) is 4.80. The molecule has 0 spiro atoms. The maximum atomic E-state index is 13.0. The van der Waals surface area contributed by atoms with Gasteiger partial charge in [-0.05, 0) is 6.92 Å². The lowest BCUT2D eigenvalue weighted by Gasteiger charge is -2.11. The molecule has 2 aromatic rings. The topological polar surface area (TPSA) is 103 Å². The van der Waals surface area contributed by atoms with Crippen molar-refractivity contribution in [3.05, 3.63) is 28.5 Å². The van der Waals surface area contributed by atoms with Crippen LogP contribution in [0, 0.1) is 0 Å². The van der Waals surface area contributed by atoms with Crippen molar-refractivity contribution in [2.24, 2.45) is 5.73 Å². The molecule has 0 saturated heterocycles. The lowest BCUT2D eigenvalue weighted by Crippen LogP contribution is -2.18. The van der Waals surface area contributed by atoms with E-state index in [2.05, 4.69) is 25.0 Å². The van der Waals surface area contributed by atoms with Crippen molar-refractivity contribution < 1.29 is 22.7 Å². The third kappa shape index (κ3) is 3.93. The van der Waals surface area contributed by atoms with Crippen LogP contribution < -0.4 is 11.1 Å². The monoisotopic (exact) mass is 347 g/mol. The first-order valence-electron chi connectivity index (χ1n) is 6.23. The van der Waals surface area contributed by atoms with E-state index in [0.29, 0.717) is 5.69 Å². The van der Waals surface area contributed by atoms with Gasteiger partial charge in [0, 0.05) is 17.6 Å². The number of nitrogens with zero attached hydrogens (tertiary/aromatic N) is 3. The van der Waals surface area contributed by atoms with E-state index in [4.69, 9.17) is 5.73 Å². The SMILES string of the molecule is COC(=O)c1cnc(Nc2nc(C(C)N)cs2)nc1C(F)(F)F. The highest BCUT2D eigenvalue weighted by Crippen LogP contribution is 2.31. The highest BCUT2D eigenvalue weighted by atomic mass is 32.1. The molecule has 0 aromatic carbocycles. The number of nitrogens with two attached hydrogens (primary N) is 1. The molecule has 3 N–H and O–H groups in total. The van der Waals surface area contributed by atoms with Gasteiger partial charge in [0.1, 0.15) is 5.56 Å². The van der Waals surface area contributed by atoms with E-state index >= 15 is 0 Å². The number of aromatic nitrogens is 3. The third-order valence-corrected chi connectivity index (χ3v) is 3.45. The van der Waals surface area contributed by atoms with Gasteiger partial charge in [-0.3, -0.25) is 0 Å². The average Bonchev–Trinajstić information content (AvgIpc) is 2.94. The fourth-order valence-electron chi connectivity index (χ4n) is 1.57. The highest BCUT2D eigenvalue weighted by molar-refractivity contribution is 7.13. The fraction of sp³-hybridized carbons (Fsp3) is 0.333. The Bertz CT molecular complexity index is 717. The zero-order chi connectivity index (χ0) is 17.2. The number of hydrogen-bond acceptors (Lipinski definition) is 8. The van der Waals surface area contributed by atoms with Crippen LogP contribution >= 0.6 is 11.3 Å². The average molecular weight is 347 g/mol. The van der Waals surface area contributed by atoms with Gasteiger partial charge < -0.3 is 15.8 Å². The van der Waals surface area contributed by atoms with Crippen molar-refractivity contribution >= 4 is 28.4 Å². The molecule has 0 amide bonds. The van der Waals surface area contributed by atoms with Crippen LogP contribution in [0.5, 0.6) is 0 Å². The van der Waals surface area contributed by atoms with Crippen molar-refractivity contribution in [2.75, 3.05) is 12.4 Å². The summed E-state index contributed by atoms with van der Waals surface area (Å²) >= 11 is 1.15. The number of anilines is 2.